The van der Waals surface area contributed by atoms with Gasteiger partial charge in [-0.1, -0.05) is 25.9 Å². The van der Waals surface area contributed by atoms with E-state index in [1.165, 1.54) is 11.3 Å². The van der Waals surface area contributed by atoms with Crippen molar-refractivity contribution in [1.29, 1.82) is 0 Å². The molecule has 0 saturated carbocycles. The Morgan fingerprint density at radius 1 is 1.08 bits per heavy atom. The van der Waals surface area contributed by atoms with Gasteiger partial charge >= 0.3 is 0 Å². The third kappa shape index (κ3) is 4.02. The van der Waals surface area contributed by atoms with Gasteiger partial charge in [-0.15, -0.1) is 0 Å². The fourth-order valence-electron chi connectivity index (χ4n) is 3.23. The lowest BCUT2D eigenvalue weighted by atomic mass is 9.89. The molecule has 0 atom stereocenters. The molecule has 0 aromatic carbocycles. The number of hydrogen-bond acceptors (Lipinski definition) is 6. The molecule has 0 N–H and O–H groups in total. The molecule has 1 aliphatic rings. The van der Waals surface area contributed by atoms with Crippen molar-refractivity contribution in [3.05, 3.63) is 29.2 Å². The van der Waals surface area contributed by atoms with Crippen LogP contribution in [-0.4, -0.2) is 55.9 Å². The monoisotopic (exact) mass is 332 g/mol. The first-order valence-electron chi connectivity index (χ1n) is 8.58. The van der Waals surface area contributed by atoms with Gasteiger partial charge in [0, 0.05) is 56.9 Å². The van der Waals surface area contributed by atoms with E-state index in [4.69, 9.17) is 4.52 Å². The molecule has 3 heterocycles. The van der Waals surface area contributed by atoms with Crippen LogP contribution in [0.25, 0.3) is 0 Å². The smallest absolute Gasteiger partial charge is 0.240 e. The Bertz CT molecular complexity index is 676. The summed E-state index contributed by atoms with van der Waals surface area (Å²) in [5.74, 6) is 1.41. The minimum atomic E-state index is 0.0776. The van der Waals surface area contributed by atoms with Gasteiger partial charge in [0.25, 0.3) is 0 Å². The molecule has 0 spiro atoms. The van der Waals surface area contributed by atoms with Crippen LogP contribution < -0.4 is 0 Å². The van der Waals surface area contributed by atoms with Crippen LogP contribution in [0.2, 0.25) is 0 Å². The Morgan fingerprint density at radius 2 is 1.71 bits per heavy atom. The molecule has 3 rings (SSSR count). The summed E-state index contributed by atoms with van der Waals surface area (Å²) < 4.78 is 7.15. The van der Waals surface area contributed by atoms with Gasteiger partial charge in [-0.25, -0.2) is 0 Å². The Kier molecular flexibility index (Phi) is 4.73. The first-order valence-corrected chi connectivity index (χ1v) is 8.58. The van der Waals surface area contributed by atoms with Crippen LogP contribution in [0.1, 0.15) is 43.7 Å². The van der Waals surface area contributed by atoms with E-state index in [2.05, 4.69) is 52.0 Å². The van der Waals surface area contributed by atoms with Gasteiger partial charge in [-0.2, -0.15) is 10.1 Å². The Hall–Kier alpha value is -1.73. The lowest BCUT2D eigenvalue weighted by molar-refractivity contribution is 0.112. The van der Waals surface area contributed by atoms with Crippen molar-refractivity contribution in [3.63, 3.8) is 0 Å². The lowest BCUT2D eigenvalue weighted by Crippen LogP contribution is -2.45. The van der Waals surface area contributed by atoms with Crippen molar-refractivity contribution in [3.8, 4) is 0 Å². The molecule has 0 amide bonds. The molecule has 2 aromatic heterocycles. The third-order valence-electron chi connectivity index (χ3n) is 4.40. The minimum absolute atomic E-state index is 0.0776. The number of hydrogen-bond donors (Lipinski definition) is 0. The van der Waals surface area contributed by atoms with Crippen molar-refractivity contribution in [2.24, 2.45) is 7.05 Å². The van der Waals surface area contributed by atoms with Gasteiger partial charge in [-0.3, -0.25) is 14.5 Å². The number of aromatic nitrogens is 4. The van der Waals surface area contributed by atoms with E-state index < -0.39 is 0 Å². The molecule has 0 unspecified atom stereocenters. The highest BCUT2D eigenvalue weighted by Gasteiger charge is 2.25. The molecule has 1 saturated heterocycles. The lowest BCUT2D eigenvalue weighted by Gasteiger charge is -2.34. The first-order chi connectivity index (χ1) is 11.3. The van der Waals surface area contributed by atoms with Crippen molar-refractivity contribution >= 4 is 0 Å². The molecule has 132 valence electrons. The maximum atomic E-state index is 5.22. The summed E-state index contributed by atoms with van der Waals surface area (Å²) in [6.45, 7) is 14.4. The summed E-state index contributed by atoms with van der Waals surface area (Å²) in [4.78, 5) is 9.16. The average Bonchev–Trinajstić information content (AvgIpc) is 3.06. The highest BCUT2D eigenvalue weighted by atomic mass is 16.5. The topological polar surface area (TPSA) is 63.2 Å². The fourth-order valence-corrected chi connectivity index (χ4v) is 3.23. The zero-order valence-corrected chi connectivity index (χ0v) is 15.4. The Morgan fingerprint density at radius 3 is 2.25 bits per heavy atom. The van der Waals surface area contributed by atoms with E-state index in [9.17, 15) is 0 Å². The van der Waals surface area contributed by atoms with E-state index in [0.29, 0.717) is 11.7 Å². The second-order valence-electron chi connectivity index (χ2n) is 7.71. The Balaban J connectivity index is 1.56. The van der Waals surface area contributed by atoms with E-state index in [-0.39, 0.29) is 5.41 Å². The minimum Gasteiger partial charge on any atom is -0.338 e. The zero-order valence-electron chi connectivity index (χ0n) is 15.4. The number of piperazine rings is 1. The predicted molar refractivity (Wildman–Crippen MR) is 91.5 cm³/mol. The molecule has 1 fully saturated rings. The zero-order chi connectivity index (χ0) is 17.3. The second kappa shape index (κ2) is 6.64. The van der Waals surface area contributed by atoms with Crippen LogP contribution >= 0.6 is 0 Å². The molecular formula is C17H28N6O. The number of nitrogens with zero attached hydrogens (tertiary/aromatic N) is 6. The van der Waals surface area contributed by atoms with Crippen molar-refractivity contribution in [1.82, 2.24) is 29.7 Å². The van der Waals surface area contributed by atoms with Crippen molar-refractivity contribution < 1.29 is 4.52 Å². The second-order valence-corrected chi connectivity index (χ2v) is 7.71. The third-order valence-corrected chi connectivity index (χ3v) is 4.40. The molecule has 1 aliphatic heterocycles. The van der Waals surface area contributed by atoms with Gasteiger partial charge in [0.15, 0.2) is 5.82 Å². The van der Waals surface area contributed by atoms with Crippen LogP contribution in [0.5, 0.6) is 0 Å². The molecule has 0 bridgehead atoms. The molecule has 0 radical (unpaired) electrons. The molecule has 7 nitrogen and oxygen atoms in total. The van der Waals surface area contributed by atoms with Crippen molar-refractivity contribution in [2.45, 2.75) is 46.2 Å². The average molecular weight is 332 g/mol. The molecule has 2 aromatic rings. The first kappa shape index (κ1) is 17.1. The quantitative estimate of drug-likeness (QED) is 0.850. The van der Waals surface area contributed by atoms with Crippen molar-refractivity contribution in [2.75, 3.05) is 26.2 Å². The van der Waals surface area contributed by atoms with Gasteiger partial charge < -0.3 is 4.52 Å². The van der Waals surface area contributed by atoms with E-state index in [0.717, 1.165) is 39.3 Å². The highest BCUT2D eigenvalue weighted by Crippen LogP contribution is 2.25. The van der Waals surface area contributed by atoms with Crippen LogP contribution in [0.4, 0.5) is 0 Å². The van der Waals surface area contributed by atoms with Gasteiger partial charge in [0.2, 0.25) is 5.89 Å². The normalized spacial score (nSPS) is 17.5. The van der Waals surface area contributed by atoms with E-state index in [1.54, 1.807) is 0 Å². The predicted octanol–water partition coefficient (Wildman–Crippen LogP) is 1.73. The summed E-state index contributed by atoms with van der Waals surface area (Å²) in [5.41, 5.74) is 2.62. The summed E-state index contributed by atoms with van der Waals surface area (Å²) in [6.07, 6.45) is 2.16. The summed E-state index contributed by atoms with van der Waals surface area (Å²) >= 11 is 0. The van der Waals surface area contributed by atoms with Gasteiger partial charge in [-0.05, 0) is 6.92 Å². The Labute approximate surface area is 143 Å². The SMILES string of the molecule is Cc1noc(CN2CCN(Cc3cn(C)nc3C(C)(C)C)CC2)n1. The van der Waals surface area contributed by atoms with Crippen LogP contribution in [0.3, 0.4) is 0 Å². The molecular weight excluding hydrogens is 304 g/mol. The number of aryl methyl sites for hydroxylation is 2. The summed E-state index contributed by atoms with van der Waals surface area (Å²) in [5, 5.41) is 8.53. The highest BCUT2D eigenvalue weighted by molar-refractivity contribution is 5.24. The maximum absolute atomic E-state index is 5.22. The fraction of sp³-hybridized carbons (Fsp3) is 0.706. The van der Waals surface area contributed by atoms with Crippen LogP contribution in [0.15, 0.2) is 10.7 Å². The van der Waals surface area contributed by atoms with E-state index >= 15 is 0 Å². The molecule has 7 heteroatoms. The summed E-state index contributed by atoms with van der Waals surface area (Å²) in [7, 11) is 2.00. The van der Waals surface area contributed by atoms with Gasteiger partial charge in [0.05, 0.1) is 12.2 Å². The molecule has 0 aliphatic carbocycles. The standard InChI is InChI=1S/C17H28N6O/c1-13-18-15(24-20-13)12-23-8-6-22(7-9-23)11-14-10-21(5)19-16(14)17(2,3)4/h10H,6-9,11-12H2,1-5H3. The maximum Gasteiger partial charge on any atom is 0.240 e. The molecule has 24 heavy (non-hydrogen) atoms. The van der Waals surface area contributed by atoms with Crippen LogP contribution in [0, 0.1) is 6.92 Å². The largest absolute Gasteiger partial charge is 0.338 e. The van der Waals surface area contributed by atoms with Crippen LogP contribution in [-0.2, 0) is 25.6 Å². The van der Waals surface area contributed by atoms with E-state index in [1.807, 2.05) is 18.7 Å². The summed E-state index contributed by atoms with van der Waals surface area (Å²) in [6, 6.07) is 0. The number of rotatable bonds is 4. The van der Waals surface area contributed by atoms with Gasteiger partial charge in [0.1, 0.15) is 0 Å².